The summed E-state index contributed by atoms with van der Waals surface area (Å²) >= 11 is 0. The molecule has 1 aromatic rings. The Morgan fingerprint density at radius 1 is 1.32 bits per heavy atom. The second-order valence-electron chi connectivity index (χ2n) is 4.83. The molecule has 0 bridgehead atoms. The second kappa shape index (κ2) is 6.55. The van der Waals surface area contributed by atoms with Gasteiger partial charge in [0.05, 0.1) is 0 Å². The van der Waals surface area contributed by atoms with Crippen LogP contribution in [0.25, 0.3) is 0 Å². The van der Waals surface area contributed by atoms with Crippen LogP contribution < -0.4 is 4.74 Å². The van der Waals surface area contributed by atoms with Crippen LogP contribution in [0, 0.1) is 5.82 Å². The molecule has 0 aliphatic carbocycles. The first-order chi connectivity index (χ1) is 9.22. The van der Waals surface area contributed by atoms with Gasteiger partial charge in [-0.3, -0.25) is 4.79 Å². The molecule has 1 atom stereocenters. The molecule has 1 aliphatic heterocycles. The maximum absolute atomic E-state index is 13.5. The number of rotatable bonds is 4. The van der Waals surface area contributed by atoms with E-state index < -0.39 is 11.9 Å². The normalized spacial score (nSPS) is 17.1. The molecule has 4 heteroatoms. The average Bonchev–Trinajstić information content (AvgIpc) is 2.47. The summed E-state index contributed by atoms with van der Waals surface area (Å²) in [5.74, 6) is -0.294. The number of para-hydroxylation sites is 1. The van der Waals surface area contributed by atoms with Gasteiger partial charge in [0, 0.05) is 13.1 Å². The third-order valence-corrected chi connectivity index (χ3v) is 3.42. The fourth-order valence-corrected chi connectivity index (χ4v) is 2.32. The zero-order valence-electron chi connectivity index (χ0n) is 11.3. The summed E-state index contributed by atoms with van der Waals surface area (Å²) in [7, 11) is 0. The van der Waals surface area contributed by atoms with E-state index in [9.17, 15) is 9.18 Å². The number of halogens is 1. The van der Waals surface area contributed by atoms with E-state index >= 15 is 0 Å². The molecule has 3 nitrogen and oxygen atoms in total. The maximum atomic E-state index is 13.5. The lowest BCUT2D eigenvalue weighted by molar-refractivity contribution is -0.139. The van der Waals surface area contributed by atoms with E-state index in [2.05, 4.69) is 0 Å². The van der Waals surface area contributed by atoms with Gasteiger partial charge in [-0.1, -0.05) is 19.1 Å². The van der Waals surface area contributed by atoms with Crippen molar-refractivity contribution in [1.82, 2.24) is 4.90 Å². The highest BCUT2D eigenvalue weighted by Gasteiger charge is 2.26. The summed E-state index contributed by atoms with van der Waals surface area (Å²) in [6, 6.07) is 6.21. The van der Waals surface area contributed by atoms with Crippen molar-refractivity contribution in [2.75, 3.05) is 13.1 Å². The Balaban J connectivity index is 2.03. The van der Waals surface area contributed by atoms with Crippen LogP contribution in [0.15, 0.2) is 24.3 Å². The number of hydrogen-bond donors (Lipinski definition) is 0. The second-order valence-corrected chi connectivity index (χ2v) is 4.83. The molecule has 0 N–H and O–H groups in total. The van der Waals surface area contributed by atoms with Gasteiger partial charge in [0.1, 0.15) is 0 Å². The molecule has 1 unspecified atom stereocenters. The van der Waals surface area contributed by atoms with Crippen molar-refractivity contribution in [3.05, 3.63) is 30.1 Å². The van der Waals surface area contributed by atoms with Crippen LogP contribution in [0.3, 0.4) is 0 Å². The predicted molar refractivity (Wildman–Crippen MR) is 71.5 cm³/mol. The molecule has 1 aliphatic rings. The molecule has 104 valence electrons. The van der Waals surface area contributed by atoms with Gasteiger partial charge in [0.15, 0.2) is 17.7 Å². The number of likely N-dealkylation sites (tertiary alicyclic amines) is 1. The quantitative estimate of drug-likeness (QED) is 0.837. The summed E-state index contributed by atoms with van der Waals surface area (Å²) in [6.45, 7) is 3.46. The highest BCUT2D eigenvalue weighted by atomic mass is 19.1. The van der Waals surface area contributed by atoms with Crippen molar-refractivity contribution in [3.8, 4) is 5.75 Å². The molecule has 0 spiro atoms. The summed E-state index contributed by atoms with van der Waals surface area (Å²) < 4.78 is 19.1. The minimum Gasteiger partial charge on any atom is -0.478 e. The molecule has 1 heterocycles. The average molecular weight is 265 g/mol. The van der Waals surface area contributed by atoms with E-state index in [0.29, 0.717) is 6.42 Å². The number of carbonyl (C=O) groups is 1. The van der Waals surface area contributed by atoms with Gasteiger partial charge in [0.2, 0.25) is 0 Å². The number of piperidine rings is 1. The van der Waals surface area contributed by atoms with E-state index in [1.165, 1.54) is 12.5 Å². The third-order valence-electron chi connectivity index (χ3n) is 3.42. The molecule has 2 rings (SSSR count). The van der Waals surface area contributed by atoms with Crippen molar-refractivity contribution >= 4 is 5.91 Å². The van der Waals surface area contributed by atoms with Crippen LogP contribution in [-0.2, 0) is 4.79 Å². The Hall–Kier alpha value is -1.58. The van der Waals surface area contributed by atoms with Crippen molar-refractivity contribution in [1.29, 1.82) is 0 Å². The number of hydrogen-bond acceptors (Lipinski definition) is 2. The third kappa shape index (κ3) is 3.46. The fraction of sp³-hybridized carbons (Fsp3) is 0.533. The first kappa shape index (κ1) is 13.8. The lowest BCUT2D eigenvalue weighted by atomic mass is 10.1. The molecule has 0 radical (unpaired) electrons. The molecule has 1 aromatic carbocycles. The van der Waals surface area contributed by atoms with E-state index in [1.54, 1.807) is 18.2 Å². The Morgan fingerprint density at radius 2 is 2.00 bits per heavy atom. The molecular weight excluding hydrogens is 245 g/mol. The van der Waals surface area contributed by atoms with Gasteiger partial charge in [-0.25, -0.2) is 4.39 Å². The highest BCUT2D eigenvalue weighted by Crippen LogP contribution is 2.20. The highest BCUT2D eigenvalue weighted by molar-refractivity contribution is 5.81. The molecule has 19 heavy (non-hydrogen) atoms. The van der Waals surface area contributed by atoms with Crippen molar-refractivity contribution in [2.24, 2.45) is 0 Å². The molecule has 1 amide bonds. The summed E-state index contributed by atoms with van der Waals surface area (Å²) in [5, 5.41) is 0. The van der Waals surface area contributed by atoms with Crippen molar-refractivity contribution in [3.63, 3.8) is 0 Å². The first-order valence-electron chi connectivity index (χ1n) is 6.92. The maximum Gasteiger partial charge on any atom is 0.263 e. The van der Waals surface area contributed by atoms with Gasteiger partial charge < -0.3 is 9.64 Å². The minimum atomic E-state index is -0.588. The number of benzene rings is 1. The minimum absolute atomic E-state index is 0.0227. The first-order valence-corrected chi connectivity index (χ1v) is 6.92. The number of ether oxygens (including phenoxy) is 1. The number of carbonyl (C=O) groups excluding carboxylic acids is 1. The van der Waals surface area contributed by atoms with Gasteiger partial charge >= 0.3 is 0 Å². The van der Waals surface area contributed by atoms with Crippen LogP contribution in [0.2, 0.25) is 0 Å². The van der Waals surface area contributed by atoms with Crippen LogP contribution in [0.5, 0.6) is 5.75 Å². The molecule has 1 fully saturated rings. The standard InChI is InChI=1S/C15H20FNO2/c1-2-13(15(18)17-10-6-3-7-11-17)19-14-9-5-4-8-12(14)16/h4-5,8-9,13H,2-3,6-7,10-11H2,1H3. The van der Waals surface area contributed by atoms with Crippen LogP contribution in [0.1, 0.15) is 32.6 Å². The Morgan fingerprint density at radius 3 is 2.63 bits per heavy atom. The van der Waals surface area contributed by atoms with E-state index in [4.69, 9.17) is 4.74 Å². The zero-order chi connectivity index (χ0) is 13.7. The Bertz CT molecular complexity index is 430. The van der Waals surface area contributed by atoms with E-state index in [0.717, 1.165) is 25.9 Å². The summed E-state index contributed by atoms with van der Waals surface area (Å²) in [4.78, 5) is 14.2. The SMILES string of the molecule is CCC(Oc1ccccc1F)C(=O)N1CCCCC1. The number of nitrogens with zero attached hydrogens (tertiary/aromatic N) is 1. The van der Waals surface area contributed by atoms with E-state index in [-0.39, 0.29) is 11.7 Å². The molecule has 0 aromatic heterocycles. The zero-order valence-corrected chi connectivity index (χ0v) is 11.3. The van der Waals surface area contributed by atoms with Crippen LogP contribution in [0.4, 0.5) is 4.39 Å². The molecule has 0 saturated carbocycles. The van der Waals surface area contributed by atoms with Crippen molar-refractivity contribution < 1.29 is 13.9 Å². The lowest BCUT2D eigenvalue weighted by Gasteiger charge is -2.30. The van der Waals surface area contributed by atoms with E-state index in [1.807, 2.05) is 11.8 Å². The predicted octanol–water partition coefficient (Wildman–Crippen LogP) is 3.00. The smallest absolute Gasteiger partial charge is 0.263 e. The van der Waals surface area contributed by atoms with Crippen molar-refractivity contribution in [2.45, 2.75) is 38.7 Å². The topological polar surface area (TPSA) is 29.5 Å². The summed E-state index contributed by atoms with van der Waals surface area (Å²) in [6.07, 6.45) is 3.22. The summed E-state index contributed by atoms with van der Waals surface area (Å²) in [5.41, 5.74) is 0. The molecular formula is C15H20FNO2. The van der Waals surface area contributed by atoms with Gasteiger partial charge in [-0.05, 0) is 37.8 Å². The Labute approximate surface area is 113 Å². The fourth-order valence-electron chi connectivity index (χ4n) is 2.32. The van der Waals surface area contributed by atoms with Crippen LogP contribution >= 0.6 is 0 Å². The lowest BCUT2D eigenvalue weighted by Crippen LogP contribution is -2.44. The largest absolute Gasteiger partial charge is 0.478 e. The van der Waals surface area contributed by atoms with Gasteiger partial charge in [-0.2, -0.15) is 0 Å². The number of amides is 1. The van der Waals surface area contributed by atoms with Gasteiger partial charge in [0.25, 0.3) is 5.91 Å². The Kier molecular flexibility index (Phi) is 4.77. The molecule has 1 saturated heterocycles. The van der Waals surface area contributed by atoms with Gasteiger partial charge in [-0.15, -0.1) is 0 Å². The van der Waals surface area contributed by atoms with Crippen LogP contribution in [-0.4, -0.2) is 30.0 Å². The monoisotopic (exact) mass is 265 g/mol.